The summed E-state index contributed by atoms with van der Waals surface area (Å²) < 4.78 is 0. The monoisotopic (exact) mass is 220 g/mol. The van der Waals surface area contributed by atoms with Gasteiger partial charge >= 0.3 is 5.97 Å². The fourth-order valence-corrected chi connectivity index (χ4v) is 2.43. The molecule has 16 heavy (non-hydrogen) atoms. The quantitative estimate of drug-likeness (QED) is 0.799. The van der Waals surface area contributed by atoms with Crippen LogP contribution in [0.3, 0.4) is 0 Å². The van der Waals surface area contributed by atoms with Crippen molar-refractivity contribution in [3.8, 4) is 0 Å². The van der Waals surface area contributed by atoms with Crippen LogP contribution in [0, 0.1) is 12.8 Å². The fraction of sp³-hybridized carbons (Fsp3) is 0.462. The van der Waals surface area contributed by atoms with Crippen molar-refractivity contribution in [3.05, 3.63) is 34.9 Å². The molecule has 0 amide bonds. The molecule has 1 aliphatic carbocycles. The van der Waals surface area contributed by atoms with E-state index >= 15 is 0 Å². The number of carboxylic acids is 1. The molecule has 3 heteroatoms. The molecule has 2 unspecified atom stereocenters. The van der Waals surface area contributed by atoms with E-state index < -0.39 is 17.5 Å². The summed E-state index contributed by atoms with van der Waals surface area (Å²) in [5.74, 6) is -1.72. The van der Waals surface area contributed by atoms with Crippen LogP contribution < -0.4 is 0 Å². The average Bonchev–Trinajstić information content (AvgIpc) is 2.56. The molecule has 1 aliphatic rings. The first-order valence-electron chi connectivity index (χ1n) is 5.50. The van der Waals surface area contributed by atoms with Gasteiger partial charge in [0.25, 0.3) is 0 Å². The summed E-state index contributed by atoms with van der Waals surface area (Å²) in [6.45, 7) is 3.52. The van der Waals surface area contributed by atoms with Crippen LogP contribution in [0.2, 0.25) is 0 Å². The van der Waals surface area contributed by atoms with Crippen LogP contribution in [-0.4, -0.2) is 16.2 Å². The summed E-state index contributed by atoms with van der Waals surface area (Å²) in [6.07, 6.45) is 1.25. The van der Waals surface area contributed by atoms with Gasteiger partial charge in [-0.2, -0.15) is 0 Å². The Hall–Kier alpha value is -1.35. The van der Waals surface area contributed by atoms with Gasteiger partial charge in [0.2, 0.25) is 0 Å². The highest BCUT2D eigenvalue weighted by atomic mass is 16.4. The molecule has 0 radical (unpaired) electrons. The van der Waals surface area contributed by atoms with E-state index in [-0.39, 0.29) is 0 Å². The summed E-state index contributed by atoms with van der Waals surface area (Å²) in [6, 6.07) is 5.88. The molecule has 0 saturated carbocycles. The molecular weight excluding hydrogens is 204 g/mol. The Bertz CT molecular complexity index is 439. The molecular formula is C13H16O3. The van der Waals surface area contributed by atoms with Crippen LogP contribution in [0.1, 0.15) is 30.0 Å². The van der Waals surface area contributed by atoms with E-state index in [2.05, 4.69) is 0 Å². The Labute approximate surface area is 94.7 Å². The van der Waals surface area contributed by atoms with E-state index in [1.54, 1.807) is 6.92 Å². The Kier molecular flexibility index (Phi) is 2.50. The molecule has 0 heterocycles. The minimum atomic E-state index is -1.20. The standard InChI is InChI=1S/C13H16O3/c1-8-3-4-10-5-6-13(16,11(10)7-8)9(2)12(14)15/h3-4,7,9,16H,5-6H2,1-2H3,(H,14,15). The maximum atomic E-state index is 11.0. The summed E-state index contributed by atoms with van der Waals surface area (Å²) >= 11 is 0. The minimum Gasteiger partial charge on any atom is -0.481 e. The van der Waals surface area contributed by atoms with Crippen LogP contribution >= 0.6 is 0 Å². The van der Waals surface area contributed by atoms with Crippen LogP contribution in [0.4, 0.5) is 0 Å². The molecule has 2 N–H and O–H groups in total. The van der Waals surface area contributed by atoms with Crippen molar-refractivity contribution in [2.24, 2.45) is 5.92 Å². The number of aryl methyl sites for hydroxylation is 2. The van der Waals surface area contributed by atoms with E-state index in [1.807, 2.05) is 25.1 Å². The summed E-state index contributed by atoms with van der Waals surface area (Å²) in [4.78, 5) is 11.0. The largest absolute Gasteiger partial charge is 0.481 e. The van der Waals surface area contributed by atoms with E-state index in [0.29, 0.717) is 6.42 Å². The third-order valence-corrected chi connectivity index (χ3v) is 3.59. The molecule has 1 aromatic rings. The molecule has 86 valence electrons. The van der Waals surface area contributed by atoms with Gasteiger partial charge in [0.15, 0.2) is 0 Å². The molecule has 0 aromatic heterocycles. The Morgan fingerprint density at radius 3 is 2.81 bits per heavy atom. The van der Waals surface area contributed by atoms with Gasteiger partial charge in [-0.05, 0) is 37.8 Å². The number of hydrogen-bond acceptors (Lipinski definition) is 2. The lowest BCUT2D eigenvalue weighted by Gasteiger charge is -2.28. The summed E-state index contributed by atoms with van der Waals surface area (Å²) in [5.41, 5.74) is 1.72. The first-order valence-corrected chi connectivity index (χ1v) is 5.50. The molecule has 0 bridgehead atoms. The van der Waals surface area contributed by atoms with Gasteiger partial charge in [-0.15, -0.1) is 0 Å². The highest BCUT2D eigenvalue weighted by molar-refractivity contribution is 5.72. The smallest absolute Gasteiger partial charge is 0.309 e. The highest BCUT2D eigenvalue weighted by Gasteiger charge is 2.44. The Morgan fingerprint density at radius 1 is 1.50 bits per heavy atom. The predicted molar refractivity (Wildman–Crippen MR) is 60.2 cm³/mol. The lowest BCUT2D eigenvalue weighted by molar-refractivity contribution is -0.151. The van der Waals surface area contributed by atoms with Gasteiger partial charge in [-0.1, -0.05) is 23.8 Å². The van der Waals surface area contributed by atoms with Crippen molar-refractivity contribution in [1.29, 1.82) is 0 Å². The highest BCUT2D eigenvalue weighted by Crippen LogP contribution is 2.42. The van der Waals surface area contributed by atoms with Crippen LogP contribution in [-0.2, 0) is 16.8 Å². The van der Waals surface area contributed by atoms with Gasteiger partial charge in [0, 0.05) is 0 Å². The maximum Gasteiger partial charge on any atom is 0.309 e. The van der Waals surface area contributed by atoms with Crippen molar-refractivity contribution >= 4 is 5.97 Å². The zero-order chi connectivity index (χ0) is 11.9. The molecule has 0 spiro atoms. The second kappa shape index (κ2) is 3.59. The number of rotatable bonds is 2. The fourth-order valence-electron chi connectivity index (χ4n) is 2.43. The molecule has 2 atom stereocenters. The van der Waals surface area contributed by atoms with Crippen molar-refractivity contribution < 1.29 is 15.0 Å². The number of aliphatic carboxylic acids is 1. The average molecular weight is 220 g/mol. The predicted octanol–water partition coefficient (Wildman–Crippen LogP) is 1.85. The SMILES string of the molecule is Cc1ccc2c(c1)C(O)(C(C)C(=O)O)CC2. The lowest BCUT2D eigenvalue weighted by Crippen LogP contribution is -2.36. The number of carboxylic acid groups (broad SMARTS) is 1. The summed E-state index contributed by atoms with van der Waals surface area (Å²) in [5, 5.41) is 19.6. The first kappa shape index (κ1) is 11.1. The van der Waals surface area contributed by atoms with Gasteiger partial charge < -0.3 is 10.2 Å². The molecule has 0 fully saturated rings. The van der Waals surface area contributed by atoms with Crippen molar-refractivity contribution in [2.75, 3.05) is 0 Å². The third kappa shape index (κ3) is 1.52. The zero-order valence-corrected chi connectivity index (χ0v) is 9.53. The van der Waals surface area contributed by atoms with E-state index in [0.717, 1.165) is 23.1 Å². The maximum absolute atomic E-state index is 11.0. The zero-order valence-electron chi connectivity index (χ0n) is 9.53. The van der Waals surface area contributed by atoms with Crippen molar-refractivity contribution in [3.63, 3.8) is 0 Å². The van der Waals surface area contributed by atoms with E-state index in [4.69, 9.17) is 5.11 Å². The molecule has 0 aliphatic heterocycles. The lowest BCUT2D eigenvalue weighted by atomic mass is 9.83. The molecule has 0 saturated heterocycles. The van der Waals surface area contributed by atoms with Crippen molar-refractivity contribution in [1.82, 2.24) is 0 Å². The van der Waals surface area contributed by atoms with Crippen LogP contribution in [0.15, 0.2) is 18.2 Å². The van der Waals surface area contributed by atoms with Gasteiger partial charge in [0.05, 0.1) is 5.92 Å². The topological polar surface area (TPSA) is 57.5 Å². The van der Waals surface area contributed by atoms with Gasteiger partial charge in [-0.3, -0.25) is 4.79 Å². The minimum absolute atomic E-state index is 0.499. The van der Waals surface area contributed by atoms with Crippen LogP contribution in [0.5, 0.6) is 0 Å². The van der Waals surface area contributed by atoms with Crippen molar-refractivity contribution in [2.45, 2.75) is 32.3 Å². The number of benzene rings is 1. The second-order valence-corrected chi connectivity index (χ2v) is 4.64. The number of hydrogen-bond donors (Lipinski definition) is 2. The number of fused-ring (bicyclic) bond motifs is 1. The van der Waals surface area contributed by atoms with Crippen LogP contribution in [0.25, 0.3) is 0 Å². The van der Waals surface area contributed by atoms with Gasteiger partial charge in [0.1, 0.15) is 5.60 Å². The Morgan fingerprint density at radius 2 is 2.19 bits per heavy atom. The summed E-state index contributed by atoms with van der Waals surface area (Å²) in [7, 11) is 0. The number of carbonyl (C=O) groups is 1. The number of aliphatic hydroxyl groups is 1. The first-order chi connectivity index (χ1) is 7.45. The van der Waals surface area contributed by atoms with Gasteiger partial charge in [-0.25, -0.2) is 0 Å². The van der Waals surface area contributed by atoms with E-state index in [9.17, 15) is 9.90 Å². The normalized spacial score (nSPS) is 25.2. The third-order valence-electron chi connectivity index (χ3n) is 3.59. The second-order valence-electron chi connectivity index (χ2n) is 4.64. The molecule has 1 aromatic carbocycles. The van der Waals surface area contributed by atoms with E-state index in [1.165, 1.54) is 0 Å². The molecule has 3 nitrogen and oxygen atoms in total. The molecule has 2 rings (SSSR count). The Balaban J connectivity index is 2.49.